The molecular weight excluding hydrogens is 283 g/mol. The molecule has 1 aromatic rings. The summed E-state index contributed by atoms with van der Waals surface area (Å²) in [7, 11) is 0. The highest BCUT2D eigenvalue weighted by atomic mass is 35.5. The van der Waals surface area contributed by atoms with Gasteiger partial charge < -0.3 is 10.6 Å². The van der Waals surface area contributed by atoms with Crippen LogP contribution < -0.4 is 5.73 Å². The molecule has 1 aromatic carbocycles. The first kappa shape index (κ1) is 16.3. The normalized spacial score (nSPS) is 18.9. The Bertz CT molecular complexity index is 451. The molecule has 1 heterocycles. The van der Waals surface area contributed by atoms with Crippen LogP contribution in [0.25, 0.3) is 0 Å². The van der Waals surface area contributed by atoms with Crippen LogP contribution in [0.5, 0.6) is 0 Å². The van der Waals surface area contributed by atoms with E-state index in [0.29, 0.717) is 17.1 Å². The summed E-state index contributed by atoms with van der Waals surface area (Å²) in [5, 5.41) is 0.641. The van der Waals surface area contributed by atoms with E-state index in [9.17, 15) is 4.79 Å². The second-order valence-corrected chi connectivity index (χ2v) is 5.26. The molecule has 0 saturated carbocycles. The summed E-state index contributed by atoms with van der Waals surface area (Å²) >= 11 is 6.07. The number of hydrogen-bond acceptors (Lipinski definition) is 2. The largest absolute Gasteiger partial charge is 0.334 e. The van der Waals surface area contributed by atoms with Crippen molar-refractivity contribution in [2.24, 2.45) is 5.73 Å². The van der Waals surface area contributed by atoms with Gasteiger partial charge in [0.25, 0.3) is 5.91 Å². The van der Waals surface area contributed by atoms with Gasteiger partial charge in [0.15, 0.2) is 0 Å². The van der Waals surface area contributed by atoms with Gasteiger partial charge in [0, 0.05) is 29.7 Å². The lowest BCUT2D eigenvalue weighted by Gasteiger charge is -2.35. The van der Waals surface area contributed by atoms with Crippen LogP contribution in [0.15, 0.2) is 18.2 Å². The van der Waals surface area contributed by atoms with Gasteiger partial charge in [-0.3, -0.25) is 4.79 Å². The average Bonchev–Trinajstić information content (AvgIpc) is 2.41. The molecule has 1 saturated heterocycles. The molecule has 3 nitrogen and oxygen atoms in total. The van der Waals surface area contributed by atoms with Gasteiger partial charge >= 0.3 is 0 Å². The molecule has 1 aliphatic heterocycles. The number of carbonyl (C=O) groups excluding carboxylic acids is 1. The van der Waals surface area contributed by atoms with Crippen LogP contribution in [0.2, 0.25) is 5.02 Å². The zero-order valence-electron chi connectivity index (χ0n) is 11.1. The van der Waals surface area contributed by atoms with Crippen molar-refractivity contribution in [3.05, 3.63) is 34.3 Å². The number of nitrogens with zero attached hydrogens (tertiary/aromatic N) is 1. The zero-order valence-corrected chi connectivity index (χ0v) is 12.6. The summed E-state index contributed by atoms with van der Waals surface area (Å²) in [4.78, 5) is 14.3. The predicted octanol–water partition coefficient (Wildman–Crippen LogP) is 3.02. The van der Waals surface area contributed by atoms with Crippen molar-refractivity contribution in [3.8, 4) is 0 Å². The molecule has 1 atom stereocenters. The summed E-state index contributed by atoms with van der Waals surface area (Å²) < 4.78 is 0. The van der Waals surface area contributed by atoms with Gasteiger partial charge in [0.2, 0.25) is 0 Å². The molecule has 1 fully saturated rings. The third-order valence-electron chi connectivity index (χ3n) is 3.58. The van der Waals surface area contributed by atoms with Gasteiger partial charge in [-0.15, -0.1) is 12.4 Å². The summed E-state index contributed by atoms with van der Waals surface area (Å²) in [6, 6.07) is 5.65. The van der Waals surface area contributed by atoms with Crippen molar-refractivity contribution in [1.82, 2.24) is 4.90 Å². The molecule has 5 heteroatoms. The lowest BCUT2D eigenvalue weighted by molar-refractivity contribution is 0.0623. The first-order valence-corrected chi connectivity index (χ1v) is 6.78. The number of rotatable bonds is 2. The molecule has 1 aliphatic rings. The third kappa shape index (κ3) is 3.62. The Morgan fingerprint density at radius 2 is 2.21 bits per heavy atom. The van der Waals surface area contributed by atoms with E-state index in [1.165, 1.54) is 0 Å². The molecule has 0 bridgehead atoms. The Balaban J connectivity index is 0.00000180. The molecule has 106 valence electrons. The molecular formula is C14H20Cl2N2O. The maximum Gasteiger partial charge on any atom is 0.254 e. The second kappa shape index (κ2) is 7.13. The quantitative estimate of drug-likeness (QED) is 0.913. The summed E-state index contributed by atoms with van der Waals surface area (Å²) in [5.74, 6) is 0.0482. The number of hydrogen-bond donors (Lipinski definition) is 1. The van der Waals surface area contributed by atoms with E-state index in [-0.39, 0.29) is 24.4 Å². The van der Waals surface area contributed by atoms with Crippen LogP contribution >= 0.6 is 24.0 Å². The van der Waals surface area contributed by atoms with E-state index >= 15 is 0 Å². The van der Waals surface area contributed by atoms with Crippen molar-refractivity contribution in [3.63, 3.8) is 0 Å². The monoisotopic (exact) mass is 302 g/mol. The van der Waals surface area contributed by atoms with E-state index in [2.05, 4.69) is 0 Å². The highest BCUT2D eigenvalue weighted by molar-refractivity contribution is 6.31. The first-order valence-electron chi connectivity index (χ1n) is 6.40. The Kier molecular flexibility index (Phi) is 6.11. The number of likely N-dealkylation sites (tertiary alicyclic amines) is 1. The first-order chi connectivity index (χ1) is 8.63. The van der Waals surface area contributed by atoms with Gasteiger partial charge in [-0.25, -0.2) is 0 Å². The Morgan fingerprint density at radius 3 is 2.84 bits per heavy atom. The fourth-order valence-corrected chi connectivity index (χ4v) is 2.59. The molecule has 1 amide bonds. The van der Waals surface area contributed by atoms with Gasteiger partial charge in [-0.05, 0) is 43.9 Å². The van der Waals surface area contributed by atoms with Crippen LogP contribution in [0.3, 0.4) is 0 Å². The molecule has 2 rings (SSSR count). The van der Waals surface area contributed by atoms with Crippen molar-refractivity contribution in [1.29, 1.82) is 0 Å². The number of carbonyl (C=O) groups is 1. The van der Waals surface area contributed by atoms with Gasteiger partial charge in [-0.2, -0.15) is 0 Å². The van der Waals surface area contributed by atoms with Crippen molar-refractivity contribution < 1.29 is 4.79 Å². The zero-order chi connectivity index (χ0) is 13.1. The van der Waals surface area contributed by atoms with Crippen LogP contribution in [0.4, 0.5) is 0 Å². The number of nitrogens with two attached hydrogens (primary N) is 1. The van der Waals surface area contributed by atoms with E-state index in [1.54, 1.807) is 6.07 Å². The number of piperidine rings is 1. The molecule has 0 radical (unpaired) electrons. The van der Waals surface area contributed by atoms with Gasteiger partial charge in [-0.1, -0.05) is 17.7 Å². The molecule has 0 aromatic heterocycles. The van der Waals surface area contributed by atoms with E-state index in [4.69, 9.17) is 17.3 Å². The number of aryl methyl sites for hydroxylation is 1. The highest BCUT2D eigenvalue weighted by Crippen LogP contribution is 2.22. The average molecular weight is 303 g/mol. The fourth-order valence-electron chi connectivity index (χ4n) is 2.40. The fraction of sp³-hybridized carbons (Fsp3) is 0.500. The standard InChI is InChI=1S/C14H19ClN2O.ClH/c1-10-5-6-11(8-13(10)15)14(18)17-7-3-2-4-12(17)9-16;/h5-6,8,12H,2-4,7,9,16H2,1H3;1H. The van der Waals surface area contributed by atoms with Gasteiger partial charge in [0.05, 0.1) is 0 Å². The molecule has 0 aliphatic carbocycles. The van der Waals surface area contributed by atoms with Crippen LogP contribution in [0, 0.1) is 6.92 Å². The van der Waals surface area contributed by atoms with Crippen LogP contribution in [-0.4, -0.2) is 29.9 Å². The van der Waals surface area contributed by atoms with Crippen LogP contribution in [-0.2, 0) is 0 Å². The highest BCUT2D eigenvalue weighted by Gasteiger charge is 2.26. The van der Waals surface area contributed by atoms with E-state index in [1.807, 2.05) is 24.0 Å². The summed E-state index contributed by atoms with van der Waals surface area (Å²) in [6.45, 7) is 3.26. The number of benzene rings is 1. The third-order valence-corrected chi connectivity index (χ3v) is 3.99. The lowest BCUT2D eigenvalue weighted by atomic mass is 10.0. The maximum absolute atomic E-state index is 12.4. The van der Waals surface area contributed by atoms with Crippen molar-refractivity contribution in [2.75, 3.05) is 13.1 Å². The number of halogens is 2. The lowest BCUT2D eigenvalue weighted by Crippen LogP contribution is -2.47. The second-order valence-electron chi connectivity index (χ2n) is 4.85. The van der Waals surface area contributed by atoms with E-state index < -0.39 is 0 Å². The molecule has 19 heavy (non-hydrogen) atoms. The summed E-state index contributed by atoms with van der Waals surface area (Å²) in [5.41, 5.74) is 7.39. The molecule has 0 spiro atoms. The van der Waals surface area contributed by atoms with Crippen molar-refractivity contribution >= 4 is 29.9 Å². The van der Waals surface area contributed by atoms with Gasteiger partial charge in [0.1, 0.15) is 0 Å². The molecule has 1 unspecified atom stereocenters. The Labute approximate surface area is 125 Å². The van der Waals surface area contributed by atoms with Crippen LogP contribution in [0.1, 0.15) is 35.2 Å². The Hall–Kier alpha value is -0.770. The Morgan fingerprint density at radius 1 is 1.47 bits per heavy atom. The minimum Gasteiger partial charge on any atom is -0.334 e. The minimum absolute atomic E-state index is 0. The van der Waals surface area contributed by atoms with E-state index in [0.717, 1.165) is 31.4 Å². The summed E-state index contributed by atoms with van der Waals surface area (Å²) in [6.07, 6.45) is 3.21. The topological polar surface area (TPSA) is 46.3 Å². The number of amides is 1. The predicted molar refractivity (Wildman–Crippen MR) is 81.2 cm³/mol. The smallest absolute Gasteiger partial charge is 0.254 e. The maximum atomic E-state index is 12.4. The SMILES string of the molecule is Cc1ccc(C(=O)N2CCCCC2CN)cc1Cl.Cl. The minimum atomic E-state index is 0. The van der Waals surface area contributed by atoms with Crippen molar-refractivity contribution in [2.45, 2.75) is 32.2 Å². The molecule has 2 N–H and O–H groups in total.